The van der Waals surface area contributed by atoms with Gasteiger partial charge in [0.1, 0.15) is 0 Å². The summed E-state index contributed by atoms with van der Waals surface area (Å²) in [7, 11) is 0. The van der Waals surface area contributed by atoms with Gasteiger partial charge < -0.3 is 11.1 Å². The van der Waals surface area contributed by atoms with E-state index in [1.807, 2.05) is 0 Å². The maximum absolute atomic E-state index is 5.82. The molecule has 4 unspecified atom stereocenters. The fourth-order valence-corrected chi connectivity index (χ4v) is 4.56. The Hall–Kier alpha value is -0.0800. The molecule has 0 aliphatic heterocycles. The summed E-state index contributed by atoms with van der Waals surface area (Å²) in [6.45, 7) is 2.11. The highest BCUT2D eigenvalue weighted by atomic mass is 15.0. The fraction of sp³-hybridized carbons (Fsp3) is 1.00. The lowest BCUT2D eigenvalue weighted by Gasteiger charge is -2.15. The highest BCUT2D eigenvalue weighted by Gasteiger charge is 2.65. The lowest BCUT2D eigenvalue weighted by Crippen LogP contribution is -2.33. The predicted octanol–water partition coefficient (Wildman–Crippen LogP) is 1.36. The maximum Gasteiger partial charge on any atom is 0.0136 e. The van der Waals surface area contributed by atoms with Crippen LogP contribution in [0, 0.1) is 29.1 Å². The first-order valence-corrected chi connectivity index (χ1v) is 6.76. The second-order valence-corrected chi connectivity index (χ2v) is 6.60. The fourth-order valence-electron chi connectivity index (χ4n) is 4.56. The highest BCUT2D eigenvalue weighted by Crippen LogP contribution is 2.65. The van der Waals surface area contributed by atoms with Gasteiger partial charge in [-0.05, 0) is 67.7 Å². The van der Waals surface area contributed by atoms with Crippen LogP contribution in [0.15, 0.2) is 0 Å². The summed E-state index contributed by atoms with van der Waals surface area (Å²) >= 11 is 0. The molecule has 0 aromatic rings. The smallest absolute Gasteiger partial charge is 0.0136 e. The molecule has 0 saturated heterocycles. The molecule has 84 valence electrons. The zero-order valence-electron chi connectivity index (χ0n) is 9.41. The molecule has 0 aromatic heterocycles. The Bertz CT molecular complexity index is 268. The third-order valence-corrected chi connectivity index (χ3v) is 5.84. The summed E-state index contributed by atoms with van der Waals surface area (Å²) in [5.41, 5.74) is 6.34. The van der Waals surface area contributed by atoms with Gasteiger partial charge in [-0.15, -0.1) is 0 Å². The highest BCUT2D eigenvalue weighted by molar-refractivity contribution is 5.17. The lowest BCUT2D eigenvalue weighted by atomic mass is 10.0. The summed E-state index contributed by atoms with van der Waals surface area (Å²) in [6, 6.07) is 0.903. The topological polar surface area (TPSA) is 38.0 Å². The largest absolute Gasteiger partial charge is 0.330 e. The third-order valence-electron chi connectivity index (χ3n) is 5.84. The summed E-state index contributed by atoms with van der Waals surface area (Å²) < 4.78 is 0. The van der Waals surface area contributed by atoms with Crippen molar-refractivity contribution < 1.29 is 0 Å². The second-order valence-electron chi connectivity index (χ2n) is 6.60. The molecule has 4 saturated carbocycles. The molecule has 2 heteroatoms. The van der Waals surface area contributed by atoms with Crippen LogP contribution in [0.3, 0.4) is 0 Å². The summed E-state index contributed by atoms with van der Waals surface area (Å²) in [5, 5.41) is 3.83. The lowest BCUT2D eigenvalue weighted by molar-refractivity contribution is 0.410. The molecule has 2 bridgehead atoms. The van der Waals surface area contributed by atoms with E-state index in [2.05, 4.69) is 5.32 Å². The van der Waals surface area contributed by atoms with E-state index in [4.69, 9.17) is 5.73 Å². The second kappa shape index (κ2) is 2.78. The van der Waals surface area contributed by atoms with Crippen LogP contribution in [-0.2, 0) is 0 Å². The molecule has 2 nitrogen and oxygen atoms in total. The van der Waals surface area contributed by atoms with E-state index in [0.717, 1.165) is 36.3 Å². The van der Waals surface area contributed by atoms with Gasteiger partial charge in [0.15, 0.2) is 0 Å². The van der Waals surface area contributed by atoms with Gasteiger partial charge >= 0.3 is 0 Å². The van der Waals surface area contributed by atoms with Crippen molar-refractivity contribution >= 4 is 0 Å². The van der Waals surface area contributed by atoms with Crippen molar-refractivity contribution in [2.45, 2.75) is 38.1 Å². The SMILES string of the molecule is NCC1(CNC2C3C4CCC(C4)C23)CC1. The van der Waals surface area contributed by atoms with E-state index < -0.39 is 0 Å². The van der Waals surface area contributed by atoms with Crippen molar-refractivity contribution in [3.63, 3.8) is 0 Å². The van der Waals surface area contributed by atoms with Crippen molar-refractivity contribution in [3.8, 4) is 0 Å². The molecular weight excluding hydrogens is 184 g/mol. The molecule has 0 aromatic carbocycles. The van der Waals surface area contributed by atoms with Crippen LogP contribution in [0.4, 0.5) is 0 Å². The van der Waals surface area contributed by atoms with Gasteiger partial charge in [0.25, 0.3) is 0 Å². The third kappa shape index (κ3) is 1.18. The van der Waals surface area contributed by atoms with Crippen molar-refractivity contribution in [3.05, 3.63) is 0 Å². The average molecular weight is 206 g/mol. The molecule has 15 heavy (non-hydrogen) atoms. The number of nitrogens with two attached hydrogens (primary N) is 1. The molecule has 0 amide bonds. The summed E-state index contributed by atoms with van der Waals surface area (Å²) in [6.07, 6.45) is 7.37. The Balaban J connectivity index is 1.35. The maximum atomic E-state index is 5.82. The molecule has 4 atom stereocenters. The molecule has 0 radical (unpaired) electrons. The minimum atomic E-state index is 0.524. The van der Waals surface area contributed by atoms with Crippen LogP contribution in [0.2, 0.25) is 0 Å². The van der Waals surface area contributed by atoms with Gasteiger partial charge in [0, 0.05) is 12.6 Å². The minimum Gasteiger partial charge on any atom is -0.330 e. The zero-order chi connectivity index (χ0) is 10.0. The Kier molecular flexibility index (Phi) is 1.67. The van der Waals surface area contributed by atoms with E-state index in [9.17, 15) is 0 Å². The Morgan fingerprint density at radius 3 is 2.33 bits per heavy atom. The van der Waals surface area contributed by atoms with Crippen LogP contribution in [-0.4, -0.2) is 19.1 Å². The predicted molar refractivity (Wildman–Crippen MR) is 60.3 cm³/mol. The molecule has 4 aliphatic rings. The van der Waals surface area contributed by atoms with Crippen LogP contribution < -0.4 is 11.1 Å². The first-order valence-electron chi connectivity index (χ1n) is 6.76. The number of nitrogens with one attached hydrogen (secondary N) is 1. The number of rotatable bonds is 4. The van der Waals surface area contributed by atoms with Crippen LogP contribution in [0.25, 0.3) is 0 Å². The first kappa shape index (κ1) is 9.00. The van der Waals surface area contributed by atoms with Gasteiger partial charge in [-0.25, -0.2) is 0 Å². The molecule has 4 aliphatic carbocycles. The summed E-state index contributed by atoms with van der Waals surface area (Å²) in [5.74, 6) is 4.37. The molecule has 4 fully saturated rings. The molecule has 0 heterocycles. The van der Waals surface area contributed by atoms with Crippen molar-refractivity contribution in [1.29, 1.82) is 0 Å². The molecular formula is C13H22N2. The van der Waals surface area contributed by atoms with Crippen molar-refractivity contribution in [1.82, 2.24) is 5.32 Å². The van der Waals surface area contributed by atoms with E-state index in [1.54, 1.807) is 6.42 Å². The molecule has 3 N–H and O–H groups in total. The van der Waals surface area contributed by atoms with E-state index in [-0.39, 0.29) is 0 Å². The van der Waals surface area contributed by atoms with Crippen LogP contribution in [0.5, 0.6) is 0 Å². The van der Waals surface area contributed by atoms with Gasteiger partial charge in [0.2, 0.25) is 0 Å². The van der Waals surface area contributed by atoms with E-state index in [1.165, 1.54) is 32.2 Å². The van der Waals surface area contributed by atoms with Crippen LogP contribution in [0.1, 0.15) is 32.1 Å². The van der Waals surface area contributed by atoms with Crippen molar-refractivity contribution in [2.75, 3.05) is 13.1 Å². The number of hydrogen-bond donors (Lipinski definition) is 2. The normalized spacial score (nSPS) is 53.0. The number of hydrogen-bond acceptors (Lipinski definition) is 2. The molecule has 0 spiro atoms. The van der Waals surface area contributed by atoms with Gasteiger partial charge in [-0.2, -0.15) is 0 Å². The summed E-state index contributed by atoms with van der Waals surface area (Å²) in [4.78, 5) is 0. The average Bonchev–Trinajstić information content (AvgIpc) is 3.12. The van der Waals surface area contributed by atoms with Gasteiger partial charge in [-0.1, -0.05) is 0 Å². The monoisotopic (exact) mass is 206 g/mol. The zero-order valence-corrected chi connectivity index (χ0v) is 9.41. The minimum absolute atomic E-state index is 0.524. The van der Waals surface area contributed by atoms with Gasteiger partial charge in [-0.3, -0.25) is 0 Å². The van der Waals surface area contributed by atoms with E-state index in [0.29, 0.717) is 5.41 Å². The standard InChI is InChI=1S/C13H22N2/c14-6-13(3-4-13)7-15-12-10-8-1-2-9(5-8)11(10)12/h8-12,15H,1-7,14H2. The quantitative estimate of drug-likeness (QED) is 0.729. The molecule has 4 rings (SSSR count). The number of fused-ring (bicyclic) bond motifs is 5. The van der Waals surface area contributed by atoms with E-state index >= 15 is 0 Å². The van der Waals surface area contributed by atoms with Crippen molar-refractivity contribution in [2.24, 2.45) is 34.8 Å². The van der Waals surface area contributed by atoms with Crippen LogP contribution >= 0.6 is 0 Å². The Labute approximate surface area is 92.0 Å². The van der Waals surface area contributed by atoms with Gasteiger partial charge in [0.05, 0.1) is 0 Å². The first-order chi connectivity index (χ1) is 7.33. The Morgan fingerprint density at radius 1 is 1.13 bits per heavy atom. The Morgan fingerprint density at radius 2 is 1.80 bits per heavy atom.